The summed E-state index contributed by atoms with van der Waals surface area (Å²) in [5, 5.41) is 0.386. The fraction of sp³-hybridized carbons (Fsp3) is 0.292. The maximum atomic E-state index is 13.5. The van der Waals surface area contributed by atoms with Gasteiger partial charge in [0.15, 0.2) is 5.78 Å². The maximum Gasteiger partial charge on any atom is 0.232 e. The van der Waals surface area contributed by atoms with Crippen LogP contribution in [0.15, 0.2) is 52.4 Å². The van der Waals surface area contributed by atoms with Gasteiger partial charge in [-0.15, -0.1) is 0 Å². The molecule has 2 aromatic carbocycles. The van der Waals surface area contributed by atoms with E-state index >= 15 is 0 Å². The number of halogens is 2. The smallest absolute Gasteiger partial charge is 0.232 e. The zero-order valence-electron chi connectivity index (χ0n) is 18.9. The maximum absolute atomic E-state index is 13.5. The number of piperazine rings is 1. The molecule has 178 valence electrons. The van der Waals surface area contributed by atoms with Gasteiger partial charge >= 0.3 is 0 Å². The van der Waals surface area contributed by atoms with Gasteiger partial charge in [-0.2, -0.15) is 4.98 Å². The third-order valence-corrected chi connectivity index (χ3v) is 6.78. The third-order valence-electron chi connectivity index (χ3n) is 5.48. The lowest BCUT2D eigenvalue weighted by atomic mass is 10.1. The van der Waals surface area contributed by atoms with Crippen molar-refractivity contribution in [2.75, 3.05) is 43.9 Å². The van der Waals surface area contributed by atoms with Crippen LogP contribution in [0.1, 0.15) is 22.8 Å². The molecule has 1 aliphatic rings. The second-order valence-corrected chi connectivity index (χ2v) is 9.60. The number of rotatable bonds is 7. The molecule has 1 saturated heterocycles. The van der Waals surface area contributed by atoms with Crippen LogP contribution in [0, 0.1) is 5.82 Å². The van der Waals surface area contributed by atoms with Crippen LogP contribution >= 0.6 is 23.4 Å². The quantitative estimate of drug-likeness (QED) is 0.373. The Balaban J connectivity index is 1.60. The highest BCUT2D eigenvalue weighted by Crippen LogP contribution is 2.36. The molecular formula is C24H25ClFN5O2S. The molecule has 0 atom stereocenters. The average Bonchev–Trinajstić information content (AvgIpc) is 2.81. The van der Waals surface area contributed by atoms with Gasteiger partial charge in [-0.1, -0.05) is 29.4 Å². The number of nitrogens with zero attached hydrogens (tertiary/aromatic N) is 4. The fourth-order valence-corrected chi connectivity index (χ4v) is 4.73. The molecule has 0 aliphatic carbocycles. The first-order valence-electron chi connectivity index (χ1n) is 10.8. The molecule has 0 radical (unpaired) electrons. The van der Waals surface area contributed by atoms with Crippen molar-refractivity contribution in [3.8, 4) is 5.88 Å². The highest BCUT2D eigenvalue weighted by molar-refractivity contribution is 7.99. The molecule has 4 rings (SSSR count). The van der Waals surface area contributed by atoms with Crippen molar-refractivity contribution in [1.82, 2.24) is 14.9 Å². The summed E-state index contributed by atoms with van der Waals surface area (Å²) in [5.41, 5.74) is 6.96. The highest BCUT2D eigenvalue weighted by atomic mass is 35.5. The summed E-state index contributed by atoms with van der Waals surface area (Å²) in [6.45, 7) is 5.13. The largest absolute Gasteiger partial charge is 0.472 e. The molecule has 34 heavy (non-hydrogen) atoms. The minimum atomic E-state index is -0.467. The number of carbonyl (C=O) groups is 1. The second kappa shape index (κ2) is 10.6. The van der Waals surface area contributed by atoms with Crippen molar-refractivity contribution in [2.45, 2.75) is 23.3 Å². The molecule has 0 bridgehead atoms. The van der Waals surface area contributed by atoms with E-state index in [1.807, 2.05) is 6.07 Å². The summed E-state index contributed by atoms with van der Waals surface area (Å²) >= 11 is 7.68. The highest BCUT2D eigenvalue weighted by Gasteiger charge is 2.19. The number of carbonyl (C=O) groups excluding carboxylic acids is 1. The number of nitrogen functional groups attached to an aromatic ring is 1. The number of ketones is 1. The summed E-state index contributed by atoms with van der Waals surface area (Å²) < 4.78 is 19.6. The summed E-state index contributed by atoms with van der Waals surface area (Å²) in [7, 11) is 2.09. The van der Waals surface area contributed by atoms with E-state index in [0.29, 0.717) is 27.3 Å². The lowest BCUT2D eigenvalue weighted by molar-refractivity contribution is 0.101. The van der Waals surface area contributed by atoms with E-state index in [4.69, 9.17) is 27.1 Å². The molecule has 2 heterocycles. The normalized spacial score (nSPS) is 14.3. The monoisotopic (exact) mass is 501 g/mol. The van der Waals surface area contributed by atoms with E-state index in [1.54, 1.807) is 30.5 Å². The minimum Gasteiger partial charge on any atom is -0.472 e. The van der Waals surface area contributed by atoms with Gasteiger partial charge in [-0.3, -0.25) is 4.79 Å². The van der Waals surface area contributed by atoms with Crippen molar-refractivity contribution in [1.29, 1.82) is 0 Å². The molecule has 7 nitrogen and oxygen atoms in total. The zero-order chi connectivity index (χ0) is 24.2. The molecule has 0 saturated carbocycles. The Morgan fingerprint density at radius 2 is 1.97 bits per heavy atom. The lowest BCUT2D eigenvalue weighted by Crippen LogP contribution is -2.45. The van der Waals surface area contributed by atoms with Crippen LogP contribution in [0.5, 0.6) is 5.88 Å². The van der Waals surface area contributed by atoms with E-state index in [2.05, 4.69) is 21.8 Å². The van der Waals surface area contributed by atoms with Gasteiger partial charge < -0.3 is 20.3 Å². The van der Waals surface area contributed by atoms with Gasteiger partial charge in [0, 0.05) is 36.6 Å². The minimum absolute atomic E-state index is 0.0664. The van der Waals surface area contributed by atoms with Gasteiger partial charge in [0.25, 0.3) is 0 Å². The second-order valence-electron chi connectivity index (χ2n) is 8.07. The molecular weight excluding hydrogens is 477 g/mol. The topological polar surface area (TPSA) is 84.6 Å². The molecule has 1 fully saturated rings. The van der Waals surface area contributed by atoms with Crippen LogP contribution in [-0.4, -0.2) is 53.9 Å². The Morgan fingerprint density at radius 3 is 2.65 bits per heavy atom. The molecule has 10 heteroatoms. The Labute approximate surface area is 207 Å². The number of hydrogen-bond donors (Lipinski definition) is 1. The summed E-state index contributed by atoms with van der Waals surface area (Å²) in [5.74, 6) is 0.439. The van der Waals surface area contributed by atoms with Gasteiger partial charge in [-0.25, -0.2) is 9.37 Å². The number of benzene rings is 2. The number of ether oxygens (including phenoxy) is 1. The van der Waals surface area contributed by atoms with E-state index < -0.39 is 5.82 Å². The van der Waals surface area contributed by atoms with Crippen LogP contribution in [-0.2, 0) is 6.61 Å². The number of Topliss-reactive ketones (excluding diaryl/α,β-unsaturated/α-hetero) is 1. The first-order chi connectivity index (χ1) is 16.3. The van der Waals surface area contributed by atoms with Crippen molar-refractivity contribution in [2.24, 2.45) is 0 Å². The number of nitrogens with two attached hydrogens (primary N) is 1. The summed E-state index contributed by atoms with van der Waals surface area (Å²) in [6.07, 6.45) is 1.73. The first-order valence-corrected chi connectivity index (χ1v) is 11.9. The predicted octanol–water partition coefficient (Wildman–Crippen LogP) is 4.54. The summed E-state index contributed by atoms with van der Waals surface area (Å²) in [6, 6.07) is 9.76. The molecule has 0 unspecified atom stereocenters. The van der Waals surface area contributed by atoms with Crippen LogP contribution in [0.3, 0.4) is 0 Å². The summed E-state index contributed by atoms with van der Waals surface area (Å²) in [4.78, 5) is 26.9. The molecule has 0 amide bonds. The standard InChI is InChI=1S/C24H25ClFN5O2S/c1-15(32)18-5-4-17(12-19(18)25)34-22-13-28-24(31-9-7-30(2)8-10-31)29-23(22)33-14-16-3-6-20(26)21(27)11-16/h3-6,11-13H,7-10,14,27H2,1-2H3. The van der Waals surface area contributed by atoms with Gasteiger partial charge in [0.1, 0.15) is 12.4 Å². The SMILES string of the molecule is CC(=O)c1ccc(Sc2cnc(N3CCN(C)CC3)nc2OCc2ccc(F)c(N)c2)cc1Cl. The van der Waals surface area contributed by atoms with E-state index in [1.165, 1.54) is 24.8 Å². The first kappa shape index (κ1) is 24.3. The molecule has 0 spiro atoms. The third kappa shape index (κ3) is 5.78. The number of hydrogen-bond acceptors (Lipinski definition) is 8. The van der Waals surface area contributed by atoms with Gasteiger partial charge in [-0.05, 0) is 49.9 Å². The van der Waals surface area contributed by atoms with Crippen LogP contribution in [0.2, 0.25) is 5.02 Å². The number of likely N-dealkylation sites (N-methyl/N-ethyl adjacent to an activating group) is 1. The van der Waals surface area contributed by atoms with E-state index in [0.717, 1.165) is 36.6 Å². The van der Waals surface area contributed by atoms with Crippen LogP contribution in [0.25, 0.3) is 0 Å². The van der Waals surface area contributed by atoms with Crippen LogP contribution < -0.4 is 15.4 Å². The molecule has 2 N–H and O–H groups in total. The van der Waals surface area contributed by atoms with E-state index in [9.17, 15) is 9.18 Å². The van der Waals surface area contributed by atoms with Crippen molar-refractivity contribution in [3.63, 3.8) is 0 Å². The Bertz CT molecular complexity index is 1200. The number of aromatic nitrogens is 2. The van der Waals surface area contributed by atoms with E-state index in [-0.39, 0.29) is 18.1 Å². The molecule has 3 aromatic rings. The Morgan fingerprint density at radius 1 is 1.21 bits per heavy atom. The average molecular weight is 502 g/mol. The van der Waals surface area contributed by atoms with Crippen LogP contribution in [0.4, 0.5) is 16.0 Å². The zero-order valence-corrected chi connectivity index (χ0v) is 20.5. The molecule has 1 aliphatic heterocycles. The Kier molecular flexibility index (Phi) is 7.55. The Hall–Kier alpha value is -2.88. The van der Waals surface area contributed by atoms with Crippen molar-refractivity contribution < 1.29 is 13.9 Å². The van der Waals surface area contributed by atoms with Gasteiger partial charge in [0.2, 0.25) is 11.8 Å². The molecule has 1 aromatic heterocycles. The lowest BCUT2D eigenvalue weighted by Gasteiger charge is -2.32. The predicted molar refractivity (Wildman–Crippen MR) is 132 cm³/mol. The van der Waals surface area contributed by atoms with Gasteiger partial charge in [0.05, 0.1) is 21.8 Å². The number of anilines is 2. The van der Waals surface area contributed by atoms with Crippen molar-refractivity contribution >= 4 is 40.8 Å². The fourth-order valence-electron chi connectivity index (χ4n) is 3.49. The van der Waals surface area contributed by atoms with Crippen molar-refractivity contribution in [3.05, 3.63) is 64.6 Å².